The van der Waals surface area contributed by atoms with Crippen LogP contribution in [0.15, 0.2) is 0 Å². The molecular weight excluding hydrogens is 200 g/mol. The van der Waals surface area contributed by atoms with Gasteiger partial charge in [0.2, 0.25) is 0 Å². The van der Waals surface area contributed by atoms with Gasteiger partial charge in [-0.05, 0) is 39.2 Å². The molecule has 1 aliphatic heterocycles. The Balaban J connectivity index is 1.99. The zero-order chi connectivity index (χ0) is 11.6. The second-order valence-corrected chi connectivity index (χ2v) is 5.93. The Morgan fingerprint density at radius 2 is 2.06 bits per heavy atom. The Morgan fingerprint density at radius 1 is 1.31 bits per heavy atom. The van der Waals surface area contributed by atoms with E-state index in [1.54, 1.807) is 0 Å². The lowest BCUT2D eigenvalue weighted by Gasteiger charge is -2.46. The van der Waals surface area contributed by atoms with Gasteiger partial charge in [0, 0.05) is 19.1 Å². The minimum atomic E-state index is 0.0227. The molecule has 0 aromatic rings. The maximum absolute atomic E-state index is 5.91. The van der Waals surface area contributed by atoms with Gasteiger partial charge in [0.15, 0.2) is 0 Å². The van der Waals surface area contributed by atoms with E-state index in [-0.39, 0.29) is 5.60 Å². The lowest BCUT2D eigenvalue weighted by atomic mass is 9.83. The van der Waals surface area contributed by atoms with Gasteiger partial charge < -0.3 is 10.5 Å². The summed E-state index contributed by atoms with van der Waals surface area (Å²) in [5.74, 6) is 0.711. The third-order valence-corrected chi connectivity index (χ3v) is 4.10. The van der Waals surface area contributed by atoms with Crippen LogP contribution in [0, 0.1) is 5.92 Å². The van der Waals surface area contributed by atoms with E-state index in [4.69, 9.17) is 10.5 Å². The Morgan fingerprint density at radius 3 is 2.75 bits per heavy atom. The summed E-state index contributed by atoms with van der Waals surface area (Å²) < 4.78 is 5.78. The summed E-state index contributed by atoms with van der Waals surface area (Å²) in [5, 5.41) is 0. The molecule has 2 unspecified atom stereocenters. The van der Waals surface area contributed by atoms with Gasteiger partial charge in [-0.1, -0.05) is 12.8 Å². The number of hydrogen-bond donors (Lipinski definition) is 1. The molecule has 0 bridgehead atoms. The van der Waals surface area contributed by atoms with E-state index in [1.165, 1.54) is 25.7 Å². The van der Waals surface area contributed by atoms with E-state index in [2.05, 4.69) is 18.7 Å². The van der Waals surface area contributed by atoms with Crippen LogP contribution in [0.4, 0.5) is 0 Å². The second-order valence-electron chi connectivity index (χ2n) is 5.93. The monoisotopic (exact) mass is 226 g/mol. The average molecular weight is 226 g/mol. The lowest BCUT2D eigenvalue weighted by Crippen LogP contribution is -2.55. The zero-order valence-corrected chi connectivity index (χ0v) is 10.7. The standard InChI is InChI=1S/C13H26N2O/c1-13(2)10-15(7-8-16-13)12-6-4-3-5-11(12)9-14/h11-12H,3-10,14H2,1-2H3. The van der Waals surface area contributed by atoms with Crippen molar-refractivity contribution in [3.63, 3.8) is 0 Å². The first-order chi connectivity index (χ1) is 7.62. The van der Waals surface area contributed by atoms with Gasteiger partial charge >= 0.3 is 0 Å². The molecular formula is C13H26N2O. The predicted octanol–water partition coefficient (Wildman–Crippen LogP) is 1.61. The summed E-state index contributed by atoms with van der Waals surface area (Å²) in [5.41, 5.74) is 5.93. The van der Waals surface area contributed by atoms with Crippen LogP contribution in [0.2, 0.25) is 0 Å². The van der Waals surface area contributed by atoms with Crippen molar-refractivity contribution in [1.29, 1.82) is 0 Å². The molecule has 2 aliphatic rings. The molecule has 0 spiro atoms. The normalized spacial score (nSPS) is 36.2. The molecule has 0 aromatic carbocycles. The van der Waals surface area contributed by atoms with Crippen LogP contribution in [-0.2, 0) is 4.74 Å². The van der Waals surface area contributed by atoms with Gasteiger partial charge in [0.25, 0.3) is 0 Å². The fourth-order valence-electron chi connectivity index (χ4n) is 3.28. The molecule has 1 saturated carbocycles. The molecule has 2 N–H and O–H groups in total. The van der Waals surface area contributed by atoms with E-state index < -0.39 is 0 Å². The molecule has 94 valence electrons. The summed E-state index contributed by atoms with van der Waals surface area (Å²) in [7, 11) is 0. The summed E-state index contributed by atoms with van der Waals surface area (Å²) in [6.45, 7) is 8.26. The molecule has 0 aromatic heterocycles. The highest BCUT2D eigenvalue weighted by atomic mass is 16.5. The first kappa shape index (κ1) is 12.3. The van der Waals surface area contributed by atoms with Crippen molar-refractivity contribution >= 4 is 0 Å². The maximum atomic E-state index is 5.91. The Bertz CT molecular complexity index is 230. The van der Waals surface area contributed by atoms with Gasteiger partial charge in [0.05, 0.1) is 12.2 Å². The maximum Gasteiger partial charge on any atom is 0.0753 e. The molecule has 3 nitrogen and oxygen atoms in total. The van der Waals surface area contributed by atoms with Crippen molar-refractivity contribution < 1.29 is 4.74 Å². The van der Waals surface area contributed by atoms with Crippen molar-refractivity contribution in [1.82, 2.24) is 4.90 Å². The Kier molecular flexibility index (Phi) is 3.88. The molecule has 16 heavy (non-hydrogen) atoms. The summed E-state index contributed by atoms with van der Waals surface area (Å²) in [6.07, 6.45) is 5.39. The quantitative estimate of drug-likeness (QED) is 0.777. The van der Waals surface area contributed by atoms with E-state index in [0.717, 1.165) is 26.2 Å². The van der Waals surface area contributed by atoms with E-state index in [9.17, 15) is 0 Å². The SMILES string of the molecule is CC1(C)CN(C2CCCCC2CN)CCO1. The average Bonchev–Trinajstić information content (AvgIpc) is 2.27. The van der Waals surface area contributed by atoms with Crippen molar-refractivity contribution in [2.75, 3.05) is 26.2 Å². The molecule has 0 radical (unpaired) electrons. The van der Waals surface area contributed by atoms with Gasteiger partial charge in [0.1, 0.15) is 0 Å². The molecule has 2 atom stereocenters. The van der Waals surface area contributed by atoms with Gasteiger partial charge in [-0.15, -0.1) is 0 Å². The lowest BCUT2D eigenvalue weighted by molar-refractivity contribution is -0.106. The van der Waals surface area contributed by atoms with Crippen LogP contribution >= 0.6 is 0 Å². The van der Waals surface area contributed by atoms with E-state index in [0.29, 0.717) is 12.0 Å². The van der Waals surface area contributed by atoms with E-state index >= 15 is 0 Å². The van der Waals surface area contributed by atoms with Crippen LogP contribution in [-0.4, -0.2) is 42.8 Å². The van der Waals surface area contributed by atoms with Crippen molar-refractivity contribution in [3.05, 3.63) is 0 Å². The number of morpholine rings is 1. The summed E-state index contributed by atoms with van der Waals surface area (Å²) in [4.78, 5) is 2.63. The smallest absolute Gasteiger partial charge is 0.0753 e. The largest absolute Gasteiger partial charge is 0.373 e. The number of hydrogen-bond acceptors (Lipinski definition) is 3. The molecule has 1 heterocycles. The fraction of sp³-hybridized carbons (Fsp3) is 1.00. The topological polar surface area (TPSA) is 38.5 Å². The van der Waals surface area contributed by atoms with E-state index in [1.807, 2.05) is 0 Å². The van der Waals surface area contributed by atoms with Crippen LogP contribution in [0.5, 0.6) is 0 Å². The second kappa shape index (κ2) is 5.03. The van der Waals surface area contributed by atoms with Crippen LogP contribution in [0.1, 0.15) is 39.5 Å². The van der Waals surface area contributed by atoms with Crippen LogP contribution in [0.25, 0.3) is 0 Å². The minimum Gasteiger partial charge on any atom is -0.373 e. The van der Waals surface area contributed by atoms with Crippen LogP contribution < -0.4 is 5.73 Å². The van der Waals surface area contributed by atoms with Crippen LogP contribution in [0.3, 0.4) is 0 Å². The Labute approximate surface area is 99.3 Å². The third kappa shape index (κ3) is 2.76. The first-order valence-corrected chi connectivity index (χ1v) is 6.70. The van der Waals surface area contributed by atoms with Gasteiger partial charge in [-0.25, -0.2) is 0 Å². The number of rotatable bonds is 2. The molecule has 2 fully saturated rings. The summed E-state index contributed by atoms with van der Waals surface area (Å²) >= 11 is 0. The summed E-state index contributed by atoms with van der Waals surface area (Å²) in [6, 6.07) is 0.710. The Hall–Kier alpha value is -0.120. The highest BCUT2D eigenvalue weighted by Crippen LogP contribution is 2.30. The van der Waals surface area contributed by atoms with Gasteiger partial charge in [-0.2, -0.15) is 0 Å². The first-order valence-electron chi connectivity index (χ1n) is 6.70. The molecule has 2 rings (SSSR count). The van der Waals surface area contributed by atoms with Gasteiger partial charge in [-0.3, -0.25) is 4.90 Å². The fourth-order valence-corrected chi connectivity index (χ4v) is 3.28. The number of ether oxygens (including phenoxy) is 1. The minimum absolute atomic E-state index is 0.0227. The van der Waals surface area contributed by atoms with Crippen molar-refractivity contribution in [3.8, 4) is 0 Å². The predicted molar refractivity (Wildman–Crippen MR) is 66.4 cm³/mol. The van der Waals surface area contributed by atoms with Crippen molar-refractivity contribution in [2.45, 2.75) is 51.2 Å². The molecule has 1 saturated heterocycles. The zero-order valence-electron chi connectivity index (χ0n) is 10.7. The number of nitrogens with two attached hydrogens (primary N) is 1. The highest BCUT2D eigenvalue weighted by molar-refractivity contribution is 4.89. The van der Waals surface area contributed by atoms with Crippen molar-refractivity contribution in [2.24, 2.45) is 11.7 Å². The third-order valence-electron chi connectivity index (χ3n) is 4.10. The highest BCUT2D eigenvalue weighted by Gasteiger charge is 2.35. The molecule has 1 aliphatic carbocycles. The molecule has 3 heteroatoms. The number of nitrogens with zero attached hydrogens (tertiary/aromatic N) is 1. The molecule has 0 amide bonds.